The van der Waals surface area contributed by atoms with Gasteiger partial charge >= 0.3 is 0 Å². The van der Waals surface area contributed by atoms with Gasteiger partial charge in [0.1, 0.15) is 23.3 Å². The molecule has 0 spiro atoms. The molecule has 152 valence electrons. The van der Waals surface area contributed by atoms with Crippen LogP contribution in [0.25, 0.3) is 5.69 Å². The first-order valence-electron chi connectivity index (χ1n) is 8.77. The van der Waals surface area contributed by atoms with E-state index in [1.165, 1.54) is 16.8 Å². The van der Waals surface area contributed by atoms with Crippen LogP contribution < -0.4 is 16.4 Å². The van der Waals surface area contributed by atoms with E-state index in [2.05, 4.69) is 47.6 Å². The molecule has 0 aliphatic carbocycles. The lowest BCUT2D eigenvalue weighted by Crippen LogP contribution is -2.47. The van der Waals surface area contributed by atoms with Gasteiger partial charge in [0.05, 0.1) is 11.4 Å². The van der Waals surface area contributed by atoms with E-state index in [1.54, 1.807) is 19.2 Å². The fourth-order valence-electron chi connectivity index (χ4n) is 2.55. The summed E-state index contributed by atoms with van der Waals surface area (Å²) in [6.45, 7) is 6.85. The number of nitriles is 1. The Labute approximate surface area is 182 Å². The number of halogens is 2. The predicted octanol–water partition coefficient (Wildman–Crippen LogP) is 2.98. The molecule has 1 heterocycles. The number of nitrogens with zero attached hydrogens (tertiary/aromatic N) is 4. The summed E-state index contributed by atoms with van der Waals surface area (Å²) in [5, 5.41) is 20.4. The molecule has 0 unspecified atom stereocenters. The molecule has 2 rings (SSSR count). The highest BCUT2D eigenvalue weighted by molar-refractivity contribution is 14.0. The van der Waals surface area contributed by atoms with E-state index in [0.29, 0.717) is 29.9 Å². The molecule has 0 saturated heterocycles. The molecule has 0 fully saturated rings. The molecule has 4 N–H and O–H groups in total. The summed E-state index contributed by atoms with van der Waals surface area (Å²) in [5.41, 5.74) is 7.58. The Kier molecular flexibility index (Phi) is 8.68. The van der Waals surface area contributed by atoms with E-state index in [9.17, 15) is 9.65 Å². The van der Waals surface area contributed by atoms with Gasteiger partial charge in [0.25, 0.3) is 0 Å². The molecule has 28 heavy (non-hydrogen) atoms. The number of guanidine groups is 1. The third-order valence-corrected chi connectivity index (χ3v) is 3.78. The van der Waals surface area contributed by atoms with Gasteiger partial charge in [-0.15, -0.1) is 24.0 Å². The lowest BCUT2D eigenvalue weighted by molar-refractivity contribution is 0.501. The normalized spacial score (nSPS) is 11.5. The van der Waals surface area contributed by atoms with Crippen molar-refractivity contribution in [3.63, 3.8) is 0 Å². The van der Waals surface area contributed by atoms with Crippen molar-refractivity contribution in [1.82, 2.24) is 20.4 Å². The van der Waals surface area contributed by atoms with Crippen LogP contribution in [0.2, 0.25) is 0 Å². The van der Waals surface area contributed by atoms with Crippen molar-refractivity contribution in [2.45, 2.75) is 39.2 Å². The Morgan fingerprint density at radius 3 is 2.50 bits per heavy atom. The highest BCUT2D eigenvalue weighted by Gasteiger charge is 2.16. The van der Waals surface area contributed by atoms with E-state index < -0.39 is 0 Å². The summed E-state index contributed by atoms with van der Waals surface area (Å²) >= 11 is 0. The fourth-order valence-corrected chi connectivity index (χ4v) is 2.55. The Bertz CT molecular complexity index is 845. The summed E-state index contributed by atoms with van der Waals surface area (Å²) in [4.78, 5) is 4.19. The summed E-state index contributed by atoms with van der Waals surface area (Å²) in [7, 11) is 1.72. The first-order chi connectivity index (χ1) is 12.7. The topological polar surface area (TPSA) is 104 Å². The quantitative estimate of drug-likeness (QED) is 0.254. The van der Waals surface area contributed by atoms with Crippen LogP contribution in [0.1, 0.15) is 38.4 Å². The Morgan fingerprint density at radius 2 is 1.96 bits per heavy atom. The zero-order valence-corrected chi connectivity index (χ0v) is 18.9. The van der Waals surface area contributed by atoms with Crippen LogP contribution in [0, 0.1) is 17.1 Å². The molecule has 0 radical (unpaired) electrons. The molecule has 0 aliphatic rings. The smallest absolute Gasteiger partial charge is 0.191 e. The molecular weight excluding hydrogens is 472 g/mol. The number of nitrogens with one attached hydrogen (secondary N) is 2. The minimum Gasteiger partial charge on any atom is -0.382 e. The second-order valence-electron chi connectivity index (χ2n) is 7.18. The van der Waals surface area contributed by atoms with Crippen LogP contribution in [0.4, 0.5) is 10.2 Å². The zero-order valence-electron chi connectivity index (χ0n) is 16.6. The van der Waals surface area contributed by atoms with Gasteiger partial charge in [0.15, 0.2) is 5.96 Å². The number of aromatic nitrogens is 2. The monoisotopic (exact) mass is 499 g/mol. The van der Waals surface area contributed by atoms with Crippen molar-refractivity contribution in [3.05, 3.63) is 41.3 Å². The summed E-state index contributed by atoms with van der Waals surface area (Å²) in [6.07, 6.45) is 1.33. The van der Waals surface area contributed by atoms with E-state index >= 15 is 0 Å². The van der Waals surface area contributed by atoms with E-state index in [4.69, 9.17) is 5.73 Å². The molecule has 7 nitrogen and oxygen atoms in total. The first kappa shape index (κ1) is 23.7. The van der Waals surface area contributed by atoms with Crippen LogP contribution in [0.15, 0.2) is 29.3 Å². The lowest BCUT2D eigenvalue weighted by Gasteiger charge is -2.23. The Balaban J connectivity index is 0.00000392. The third kappa shape index (κ3) is 6.37. The predicted molar refractivity (Wildman–Crippen MR) is 121 cm³/mol. The van der Waals surface area contributed by atoms with Crippen LogP contribution in [0.3, 0.4) is 0 Å². The van der Waals surface area contributed by atoms with Crippen LogP contribution in [0.5, 0.6) is 0 Å². The van der Waals surface area contributed by atoms with Gasteiger partial charge in [0.2, 0.25) is 0 Å². The second-order valence-corrected chi connectivity index (χ2v) is 7.18. The molecule has 0 atom stereocenters. The molecule has 0 saturated carbocycles. The van der Waals surface area contributed by atoms with Gasteiger partial charge in [-0.25, -0.2) is 9.07 Å². The molecule has 1 aromatic heterocycles. The number of hydrogen-bond acceptors (Lipinski definition) is 4. The highest BCUT2D eigenvalue weighted by Crippen LogP contribution is 2.21. The van der Waals surface area contributed by atoms with Gasteiger partial charge in [-0.05, 0) is 57.9 Å². The average molecular weight is 499 g/mol. The van der Waals surface area contributed by atoms with Crippen molar-refractivity contribution in [3.8, 4) is 11.8 Å². The standard InChI is InChI=1S/C19H26FN7.HI/c1-19(2,3)25-18(23-4)24-11-5-6-16-15(12-21)17(22)27(26-16)14-9-7-13(20)8-10-14;/h7-10H,5-6,11,22H2,1-4H3,(H2,23,24,25);1H. The Hall–Kier alpha value is -2.35. The van der Waals surface area contributed by atoms with Crippen molar-refractivity contribution in [1.29, 1.82) is 5.26 Å². The lowest BCUT2D eigenvalue weighted by atomic mass is 10.1. The largest absolute Gasteiger partial charge is 0.382 e. The van der Waals surface area contributed by atoms with Crippen molar-refractivity contribution < 1.29 is 4.39 Å². The second kappa shape index (κ2) is 10.3. The minimum atomic E-state index is -0.339. The third-order valence-electron chi connectivity index (χ3n) is 3.78. The zero-order chi connectivity index (χ0) is 20.0. The van der Waals surface area contributed by atoms with Gasteiger partial charge in [-0.1, -0.05) is 0 Å². The number of hydrogen-bond donors (Lipinski definition) is 3. The Morgan fingerprint density at radius 1 is 1.32 bits per heavy atom. The number of aryl methyl sites for hydroxylation is 1. The average Bonchev–Trinajstić information content (AvgIpc) is 2.93. The molecule has 0 bridgehead atoms. The van der Waals surface area contributed by atoms with Gasteiger partial charge in [0, 0.05) is 19.1 Å². The number of rotatable bonds is 5. The maximum absolute atomic E-state index is 13.1. The molecule has 9 heteroatoms. The van der Waals surface area contributed by atoms with Gasteiger partial charge in [-0.3, -0.25) is 4.99 Å². The SMILES string of the molecule is CN=C(NCCCc1nn(-c2ccc(F)cc2)c(N)c1C#N)NC(C)(C)C.I. The summed E-state index contributed by atoms with van der Waals surface area (Å²) < 4.78 is 14.6. The minimum absolute atomic E-state index is 0. The molecule has 0 amide bonds. The maximum atomic E-state index is 13.1. The maximum Gasteiger partial charge on any atom is 0.191 e. The van der Waals surface area contributed by atoms with Gasteiger partial charge in [-0.2, -0.15) is 10.4 Å². The van der Waals surface area contributed by atoms with E-state index in [1.807, 2.05) is 0 Å². The number of aliphatic imine (C=N–C) groups is 1. The number of nitrogens with two attached hydrogens (primary N) is 1. The first-order valence-corrected chi connectivity index (χ1v) is 8.77. The van der Waals surface area contributed by atoms with E-state index in [-0.39, 0.29) is 41.2 Å². The summed E-state index contributed by atoms with van der Waals surface area (Å²) in [5.74, 6) is 0.644. The van der Waals surface area contributed by atoms with Crippen LogP contribution >= 0.6 is 24.0 Å². The van der Waals surface area contributed by atoms with E-state index in [0.717, 1.165) is 12.4 Å². The number of nitrogen functional groups attached to an aromatic ring is 1. The van der Waals surface area contributed by atoms with Crippen molar-refractivity contribution >= 4 is 35.8 Å². The molecule has 0 aliphatic heterocycles. The van der Waals surface area contributed by atoms with Crippen LogP contribution in [-0.4, -0.2) is 34.9 Å². The summed E-state index contributed by atoms with van der Waals surface area (Å²) in [6, 6.07) is 7.94. The molecular formula is C19H27FIN7. The highest BCUT2D eigenvalue weighted by atomic mass is 127. The fraction of sp³-hybridized carbons (Fsp3) is 0.421. The molecule has 2 aromatic rings. The molecule has 1 aromatic carbocycles. The van der Waals surface area contributed by atoms with Gasteiger partial charge < -0.3 is 16.4 Å². The number of anilines is 1. The number of benzene rings is 1. The van der Waals surface area contributed by atoms with Crippen molar-refractivity contribution in [2.75, 3.05) is 19.3 Å². The van der Waals surface area contributed by atoms with Crippen LogP contribution in [-0.2, 0) is 6.42 Å². The van der Waals surface area contributed by atoms with Crippen molar-refractivity contribution in [2.24, 2.45) is 4.99 Å².